The highest BCUT2D eigenvalue weighted by Gasteiger charge is 2.31. The van der Waals surface area contributed by atoms with E-state index in [2.05, 4.69) is 15.6 Å². The molecule has 1 aromatic carbocycles. The maximum Gasteiger partial charge on any atom is 0.344 e. The minimum Gasteiger partial charge on any atom is -0.422 e. The molecule has 3 aromatic rings. The highest BCUT2D eigenvalue weighted by molar-refractivity contribution is 6.03. The molecular formula is C16H11N3O3. The van der Waals surface area contributed by atoms with E-state index in [0.717, 1.165) is 5.56 Å². The maximum atomic E-state index is 12.4. The Balaban J connectivity index is 2.04. The van der Waals surface area contributed by atoms with Gasteiger partial charge in [0.25, 0.3) is 0 Å². The van der Waals surface area contributed by atoms with Crippen LogP contribution in [0.2, 0.25) is 0 Å². The summed E-state index contributed by atoms with van der Waals surface area (Å²) in [5.41, 5.74) is 1.56. The minimum absolute atomic E-state index is 0.364. The van der Waals surface area contributed by atoms with Gasteiger partial charge in [-0.05, 0) is 23.8 Å². The number of amides is 2. The molecule has 0 saturated carbocycles. The summed E-state index contributed by atoms with van der Waals surface area (Å²) >= 11 is 0. The Morgan fingerprint density at radius 1 is 1.09 bits per heavy atom. The highest BCUT2D eigenvalue weighted by atomic mass is 16.4. The molecule has 1 atom stereocenters. The molecule has 0 saturated heterocycles. The summed E-state index contributed by atoms with van der Waals surface area (Å²) in [6, 6.07) is 9.73. The lowest BCUT2D eigenvalue weighted by Gasteiger charge is -2.26. The van der Waals surface area contributed by atoms with E-state index in [0.29, 0.717) is 22.2 Å². The number of carbonyl (C=O) groups excluding carboxylic acids is 1. The Morgan fingerprint density at radius 2 is 1.95 bits per heavy atom. The van der Waals surface area contributed by atoms with Crippen LogP contribution < -0.4 is 16.3 Å². The van der Waals surface area contributed by atoms with Crippen molar-refractivity contribution >= 4 is 22.7 Å². The maximum absolute atomic E-state index is 12.4. The SMILES string of the molecule is O=C1Nc2c(c(=O)oc3ccccc23)C(c2cccnc2)N1. The third-order valence-electron chi connectivity index (χ3n) is 3.67. The van der Waals surface area contributed by atoms with Crippen molar-refractivity contribution in [2.75, 3.05) is 5.32 Å². The standard InChI is InChI=1S/C16H11N3O3/c20-15-12-13(9-4-3-7-17-8-9)18-16(21)19-14(12)10-5-1-2-6-11(10)22-15/h1-8,13H,(H2,18,19,21). The molecule has 0 radical (unpaired) electrons. The fraction of sp³-hybridized carbons (Fsp3) is 0.0625. The van der Waals surface area contributed by atoms with Crippen LogP contribution in [0.1, 0.15) is 17.2 Å². The van der Waals surface area contributed by atoms with Gasteiger partial charge in [-0.25, -0.2) is 9.59 Å². The van der Waals surface area contributed by atoms with Crippen LogP contribution in [0.5, 0.6) is 0 Å². The van der Waals surface area contributed by atoms with Crippen molar-refractivity contribution in [2.45, 2.75) is 6.04 Å². The first-order chi connectivity index (χ1) is 10.7. The van der Waals surface area contributed by atoms with Gasteiger partial charge >= 0.3 is 11.7 Å². The normalized spacial score (nSPS) is 16.7. The Bertz CT molecular complexity index is 934. The molecule has 2 amide bonds. The molecule has 2 aromatic heterocycles. The van der Waals surface area contributed by atoms with E-state index in [-0.39, 0.29) is 6.03 Å². The van der Waals surface area contributed by atoms with E-state index in [9.17, 15) is 9.59 Å². The van der Waals surface area contributed by atoms with E-state index < -0.39 is 11.7 Å². The molecule has 6 nitrogen and oxygen atoms in total. The predicted molar refractivity (Wildman–Crippen MR) is 80.7 cm³/mol. The fourth-order valence-corrected chi connectivity index (χ4v) is 2.71. The molecule has 1 aliphatic heterocycles. The smallest absolute Gasteiger partial charge is 0.344 e. The highest BCUT2D eigenvalue weighted by Crippen LogP contribution is 2.34. The number of pyridine rings is 1. The Hall–Kier alpha value is -3.15. The topological polar surface area (TPSA) is 84.2 Å². The lowest BCUT2D eigenvalue weighted by molar-refractivity contribution is 0.248. The first kappa shape index (κ1) is 12.6. The number of fused-ring (bicyclic) bond motifs is 3. The van der Waals surface area contributed by atoms with Crippen LogP contribution in [0.4, 0.5) is 10.5 Å². The molecule has 0 spiro atoms. The van der Waals surface area contributed by atoms with Crippen LogP contribution in [0.3, 0.4) is 0 Å². The summed E-state index contributed by atoms with van der Waals surface area (Å²) in [5, 5.41) is 6.15. The molecule has 6 heteroatoms. The monoisotopic (exact) mass is 293 g/mol. The van der Waals surface area contributed by atoms with Crippen molar-refractivity contribution in [3.63, 3.8) is 0 Å². The third kappa shape index (κ3) is 1.85. The van der Waals surface area contributed by atoms with Crippen molar-refractivity contribution in [3.8, 4) is 0 Å². The summed E-state index contributed by atoms with van der Waals surface area (Å²) in [5.74, 6) is 0. The van der Waals surface area contributed by atoms with Crippen molar-refractivity contribution in [3.05, 3.63) is 70.3 Å². The van der Waals surface area contributed by atoms with Gasteiger partial charge in [0.2, 0.25) is 0 Å². The number of para-hydroxylation sites is 1. The van der Waals surface area contributed by atoms with Crippen LogP contribution in [0.25, 0.3) is 11.0 Å². The molecular weight excluding hydrogens is 282 g/mol. The number of nitrogens with one attached hydrogen (secondary N) is 2. The van der Waals surface area contributed by atoms with Gasteiger partial charge in [-0.3, -0.25) is 4.98 Å². The van der Waals surface area contributed by atoms with Gasteiger partial charge in [-0.1, -0.05) is 18.2 Å². The number of carbonyl (C=O) groups is 1. The average Bonchev–Trinajstić information content (AvgIpc) is 2.55. The van der Waals surface area contributed by atoms with Crippen molar-refractivity contribution in [2.24, 2.45) is 0 Å². The summed E-state index contributed by atoms with van der Waals surface area (Å²) in [7, 11) is 0. The predicted octanol–water partition coefficient (Wildman–Crippen LogP) is 2.41. The zero-order valence-electron chi connectivity index (χ0n) is 11.4. The summed E-state index contributed by atoms with van der Waals surface area (Å²) in [4.78, 5) is 28.4. The Labute approximate surface area is 124 Å². The van der Waals surface area contributed by atoms with Crippen LogP contribution in [0, 0.1) is 0 Å². The Morgan fingerprint density at radius 3 is 2.77 bits per heavy atom. The van der Waals surface area contributed by atoms with Crippen molar-refractivity contribution in [1.29, 1.82) is 0 Å². The number of rotatable bonds is 1. The number of benzene rings is 1. The molecule has 0 aliphatic carbocycles. The van der Waals surface area contributed by atoms with Crippen molar-refractivity contribution in [1.82, 2.24) is 10.3 Å². The van der Waals surface area contributed by atoms with Crippen LogP contribution >= 0.6 is 0 Å². The molecule has 108 valence electrons. The average molecular weight is 293 g/mol. The summed E-state index contributed by atoms with van der Waals surface area (Å²) < 4.78 is 5.38. The Kier molecular flexibility index (Phi) is 2.69. The first-order valence-corrected chi connectivity index (χ1v) is 6.77. The largest absolute Gasteiger partial charge is 0.422 e. The van der Waals surface area contributed by atoms with Crippen LogP contribution in [-0.4, -0.2) is 11.0 Å². The second kappa shape index (κ2) is 4.70. The van der Waals surface area contributed by atoms with E-state index in [4.69, 9.17) is 4.42 Å². The molecule has 1 unspecified atom stereocenters. The van der Waals surface area contributed by atoms with Crippen LogP contribution in [-0.2, 0) is 0 Å². The van der Waals surface area contributed by atoms with E-state index in [1.807, 2.05) is 18.2 Å². The molecule has 2 N–H and O–H groups in total. The van der Waals surface area contributed by atoms with Crippen LogP contribution in [0.15, 0.2) is 58.0 Å². The molecule has 0 fully saturated rings. The van der Waals surface area contributed by atoms with Gasteiger partial charge in [0.1, 0.15) is 5.58 Å². The summed E-state index contributed by atoms with van der Waals surface area (Å²) in [6.07, 6.45) is 3.25. The van der Waals surface area contributed by atoms with Gasteiger partial charge in [0, 0.05) is 17.8 Å². The zero-order chi connectivity index (χ0) is 15.1. The van der Waals surface area contributed by atoms with Gasteiger partial charge in [0.15, 0.2) is 0 Å². The molecule has 3 heterocycles. The number of nitrogens with zero attached hydrogens (tertiary/aromatic N) is 1. The van der Waals surface area contributed by atoms with Gasteiger partial charge in [0.05, 0.1) is 17.3 Å². The third-order valence-corrected chi connectivity index (χ3v) is 3.67. The van der Waals surface area contributed by atoms with E-state index in [1.54, 1.807) is 30.6 Å². The molecule has 4 rings (SSSR count). The quantitative estimate of drug-likeness (QED) is 0.675. The molecule has 1 aliphatic rings. The summed E-state index contributed by atoms with van der Waals surface area (Å²) in [6.45, 7) is 0. The van der Waals surface area contributed by atoms with E-state index in [1.165, 1.54) is 0 Å². The van der Waals surface area contributed by atoms with Gasteiger partial charge in [-0.15, -0.1) is 0 Å². The number of urea groups is 1. The molecule has 0 bridgehead atoms. The van der Waals surface area contributed by atoms with Gasteiger partial charge in [-0.2, -0.15) is 0 Å². The minimum atomic E-state index is -0.585. The fourth-order valence-electron chi connectivity index (χ4n) is 2.71. The number of aromatic nitrogens is 1. The number of anilines is 1. The second-order valence-corrected chi connectivity index (χ2v) is 4.99. The zero-order valence-corrected chi connectivity index (χ0v) is 11.4. The lowest BCUT2D eigenvalue weighted by Crippen LogP contribution is -2.41. The van der Waals surface area contributed by atoms with Gasteiger partial charge < -0.3 is 15.1 Å². The number of hydrogen-bond donors (Lipinski definition) is 2. The first-order valence-electron chi connectivity index (χ1n) is 6.77. The molecule has 22 heavy (non-hydrogen) atoms. The second-order valence-electron chi connectivity index (χ2n) is 4.99. The van der Waals surface area contributed by atoms with Crippen molar-refractivity contribution < 1.29 is 9.21 Å². The van der Waals surface area contributed by atoms with E-state index >= 15 is 0 Å². The number of hydrogen-bond acceptors (Lipinski definition) is 4. The lowest BCUT2D eigenvalue weighted by atomic mass is 9.97.